The highest BCUT2D eigenvalue weighted by Gasteiger charge is 2.22. The third kappa shape index (κ3) is 2.06. The highest BCUT2D eigenvalue weighted by molar-refractivity contribution is 5.41. The number of fused-ring (bicyclic) bond motifs is 1. The van der Waals surface area contributed by atoms with E-state index in [0.29, 0.717) is 17.4 Å². The minimum Gasteiger partial charge on any atom is -0.508 e. The van der Waals surface area contributed by atoms with Gasteiger partial charge in [-0.25, -0.2) is 0 Å². The van der Waals surface area contributed by atoms with Crippen LogP contribution in [-0.2, 0) is 12.8 Å². The number of phenolic OH excluding ortho intramolecular Hbond substituents is 2. The van der Waals surface area contributed by atoms with Gasteiger partial charge in [0, 0.05) is 0 Å². The maximum atomic E-state index is 9.48. The number of hydrogen-bond acceptors (Lipinski definition) is 2. The number of aromatic hydroxyl groups is 2. The van der Waals surface area contributed by atoms with Crippen molar-refractivity contribution in [3.05, 3.63) is 59.2 Å². The van der Waals surface area contributed by atoms with Crippen LogP contribution in [0.15, 0.2) is 42.5 Å². The summed E-state index contributed by atoms with van der Waals surface area (Å²) in [6, 6.07) is 13.1. The molecule has 0 aliphatic heterocycles. The van der Waals surface area contributed by atoms with E-state index in [0.717, 1.165) is 19.3 Å². The van der Waals surface area contributed by atoms with Gasteiger partial charge in [0.15, 0.2) is 0 Å². The molecule has 0 radical (unpaired) electrons. The SMILES string of the molecule is Oc1ccc(CC2CCc3cc(O)ccc32)cc1. The molecule has 0 aromatic heterocycles. The Morgan fingerprint density at radius 2 is 1.67 bits per heavy atom. The van der Waals surface area contributed by atoms with E-state index in [-0.39, 0.29) is 0 Å². The summed E-state index contributed by atoms with van der Waals surface area (Å²) in [4.78, 5) is 0. The van der Waals surface area contributed by atoms with Gasteiger partial charge in [0.05, 0.1) is 0 Å². The third-order valence-corrected chi connectivity index (χ3v) is 3.75. The highest BCUT2D eigenvalue weighted by atomic mass is 16.3. The van der Waals surface area contributed by atoms with E-state index in [2.05, 4.69) is 0 Å². The smallest absolute Gasteiger partial charge is 0.115 e. The lowest BCUT2D eigenvalue weighted by molar-refractivity contribution is 0.474. The van der Waals surface area contributed by atoms with Crippen LogP contribution in [-0.4, -0.2) is 10.2 Å². The average molecular weight is 240 g/mol. The normalized spacial score (nSPS) is 17.7. The predicted octanol–water partition coefficient (Wildman–Crippen LogP) is 3.37. The fourth-order valence-electron chi connectivity index (χ4n) is 2.82. The minimum atomic E-state index is 0.315. The molecule has 2 aromatic rings. The Labute approximate surface area is 107 Å². The molecule has 1 aliphatic rings. The first-order valence-corrected chi connectivity index (χ1v) is 6.32. The number of aryl methyl sites for hydroxylation is 1. The molecule has 2 nitrogen and oxygen atoms in total. The maximum Gasteiger partial charge on any atom is 0.115 e. The maximum absolute atomic E-state index is 9.48. The van der Waals surface area contributed by atoms with Gasteiger partial charge < -0.3 is 10.2 Å². The lowest BCUT2D eigenvalue weighted by atomic mass is 9.93. The van der Waals surface area contributed by atoms with Crippen molar-refractivity contribution in [2.75, 3.05) is 0 Å². The Morgan fingerprint density at radius 1 is 0.944 bits per heavy atom. The molecule has 2 N–H and O–H groups in total. The molecular weight excluding hydrogens is 224 g/mol. The first-order valence-electron chi connectivity index (χ1n) is 6.32. The molecule has 1 atom stereocenters. The summed E-state index contributed by atoms with van der Waals surface area (Å²) in [7, 11) is 0. The lowest BCUT2D eigenvalue weighted by Crippen LogP contribution is -1.98. The number of rotatable bonds is 2. The van der Waals surface area contributed by atoms with Crippen LogP contribution in [0, 0.1) is 0 Å². The third-order valence-electron chi connectivity index (χ3n) is 3.75. The van der Waals surface area contributed by atoms with Crippen molar-refractivity contribution in [3.63, 3.8) is 0 Å². The van der Waals surface area contributed by atoms with Crippen molar-refractivity contribution in [1.29, 1.82) is 0 Å². The lowest BCUT2D eigenvalue weighted by Gasteiger charge is -2.11. The van der Waals surface area contributed by atoms with Gasteiger partial charge in [0.2, 0.25) is 0 Å². The number of hydrogen-bond donors (Lipinski definition) is 2. The van der Waals surface area contributed by atoms with Crippen molar-refractivity contribution < 1.29 is 10.2 Å². The Balaban J connectivity index is 1.82. The van der Waals surface area contributed by atoms with Gasteiger partial charge in [-0.05, 0) is 66.1 Å². The van der Waals surface area contributed by atoms with Gasteiger partial charge in [-0.3, -0.25) is 0 Å². The Morgan fingerprint density at radius 3 is 2.44 bits per heavy atom. The fraction of sp³-hybridized carbons (Fsp3) is 0.250. The van der Waals surface area contributed by atoms with Gasteiger partial charge in [0.1, 0.15) is 11.5 Å². The summed E-state index contributed by atoms with van der Waals surface area (Å²) in [5, 5.41) is 18.8. The van der Waals surface area contributed by atoms with E-state index in [1.807, 2.05) is 24.3 Å². The Bertz CT molecular complexity index is 558. The molecule has 0 saturated heterocycles. The van der Waals surface area contributed by atoms with E-state index < -0.39 is 0 Å². The zero-order valence-electron chi connectivity index (χ0n) is 10.1. The summed E-state index contributed by atoms with van der Waals surface area (Å²) in [5.41, 5.74) is 3.89. The monoisotopic (exact) mass is 240 g/mol. The quantitative estimate of drug-likeness (QED) is 0.845. The zero-order chi connectivity index (χ0) is 12.5. The summed E-state index contributed by atoms with van der Waals surface area (Å²) in [6.07, 6.45) is 3.18. The topological polar surface area (TPSA) is 40.5 Å². The Hall–Kier alpha value is -1.96. The molecule has 0 saturated carbocycles. The van der Waals surface area contributed by atoms with Crippen molar-refractivity contribution >= 4 is 0 Å². The standard InChI is InChI=1S/C16H16O2/c17-14-5-1-11(2-6-14)9-12-3-4-13-10-15(18)7-8-16(12)13/h1-2,5-8,10,12,17-18H,3-4,9H2. The molecule has 2 aromatic carbocycles. The van der Waals surface area contributed by atoms with Crippen LogP contribution >= 0.6 is 0 Å². The number of benzene rings is 2. The molecule has 92 valence electrons. The van der Waals surface area contributed by atoms with Crippen LogP contribution in [0.2, 0.25) is 0 Å². The van der Waals surface area contributed by atoms with E-state index in [4.69, 9.17) is 0 Å². The molecule has 0 bridgehead atoms. The van der Waals surface area contributed by atoms with E-state index in [1.165, 1.54) is 16.7 Å². The van der Waals surface area contributed by atoms with Crippen LogP contribution in [0.4, 0.5) is 0 Å². The summed E-state index contributed by atoms with van der Waals surface area (Å²) in [6.45, 7) is 0. The van der Waals surface area contributed by atoms with Gasteiger partial charge in [-0.1, -0.05) is 18.2 Å². The molecule has 0 spiro atoms. The number of phenols is 2. The van der Waals surface area contributed by atoms with E-state index >= 15 is 0 Å². The predicted molar refractivity (Wildman–Crippen MR) is 71.0 cm³/mol. The minimum absolute atomic E-state index is 0.315. The van der Waals surface area contributed by atoms with Crippen LogP contribution in [0.1, 0.15) is 29.0 Å². The van der Waals surface area contributed by atoms with Gasteiger partial charge in [-0.2, -0.15) is 0 Å². The highest BCUT2D eigenvalue weighted by Crippen LogP contribution is 2.37. The summed E-state index contributed by atoms with van der Waals surface area (Å²) < 4.78 is 0. The van der Waals surface area contributed by atoms with Crippen molar-refractivity contribution in [3.8, 4) is 11.5 Å². The molecule has 0 fully saturated rings. The average Bonchev–Trinajstić information content (AvgIpc) is 2.74. The Kier molecular flexibility index (Phi) is 2.71. The van der Waals surface area contributed by atoms with Crippen LogP contribution in [0.25, 0.3) is 0 Å². The summed E-state index contributed by atoms with van der Waals surface area (Å²) >= 11 is 0. The van der Waals surface area contributed by atoms with Crippen molar-refractivity contribution in [2.24, 2.45) is 0 Å². The second-order valence-corrected chi connectivity index (χ2v) is 4.99. The molecule has 3 rings (SSSR count). The molecular formula is C16H16O2. The molecule has 18 heavy (non-hydrogen) atoms. The fourth-order valence-corrected chi connectivity index (χ4v) is 2.82. The first-order chi connectivity index (χ1) is 8.72. The molecule has 1 unspecified atom stereocenters. The zero-order valence-corrected chi connectivity index (χ0v) is 10.1. The van der Waals surface area contributed by atoms with Crippen LogP contribution in [0.5, 0.6) is 11.5 Å². The van der Waals surface area contributed by atoms with E-state index in [9.17, 15) is 10.2 Å². The van der Waals surface area contributed by atoms with E-state index in [1.54, 1.807) is 18.2 Å². The molecule has 1 aliphatic carbocycles. The molecule has 2 heteroatoms. The van der Waals surface area contributed by atoms with Crippen molar-refractivity contribution in [1.82, 2.24) is 0 Å². The summed E-state index contributed by atoms with van der Waals surface area (Å²) in [5.74, 6) is 1.21. The van der Waals surface area contributed by atoms with Crippen molar-refractivity contribution in [2.45, 2.75) is 25.2 Å². The second-order valence-electron chi connectivity index (χ2n) is 4.99. The first kappa shape index (κ1) is 11.1. The van der Waals surface area contributed by atoms with Crippen LogP contribution in [0.3, 0.4) is 0 Å². The second kappa shape index (κ2) is 4.37. The van der Waals surface area contributed by atoms with Crippen LogP contribution < -0.4 is 0 Å². The largest absolute Gasteiger partial charge is 0.508 e. The van der Waals surface area contributed by atoms with Gasteiger partial charge >= 0.3 is 0 Å². The molecule has 0 heterocycles. The van der Waals surface area contributed by atoms with Gasteiger partial charge in [0.25, 0.3) is 0 Å². The van der Waals surface area contributed by atoms with Gasteiger partial charge in [-0.15, -0.1) is 0 Å². The molecule has 0 amide bonds.